The number of aliphatic hydroxyl groups excluding tert-OH is 3. The van der Waals surface area contributed by atoms with Crippen molar-refractivity contribution in [3.8, 4) is 0 Å². The van der Waals surface area contributed by atoms with Crippen LogP contribution < -0.4 is 5.73 Å². The van der Waals surface area contributed by atoms with Gasteiger partial charge in [0, 0.05) is 60.6 Å². The van der Waals surface area contributed by atoms with Crippen molar-refractivity contribution in [2.45, 2.75) is 224 Å². The Morgan fingerprint density at radius 1 is 0.398 bits per heavy atom. The number of allylic oxidation sites excluding steroid dienone is 2. The Bertz CT molecular complexity index is 3900. The molecule has 6 heterocycles. The predicted octanol–water partition coefficient (Wildman–Crippen LogP) is 14.3. The Hall–Kier alpha value is -8.29. The molecule has 6 saturated heterocycles. The average Bonchev–Trinajstić information content (AvgIpc) is 1.63. The Kier molecular flexibility index (Phi) is 38.2. The predicted molar refractivity (Wildman–Crippen MR) is 445 cm³/mol. The molecule has 6 aliphatic rings. The van der Waals surface area contributed by atoms with E-state index in [4.69, 9.17) is 87.0 Å². The zero-order valence-corrected chi connectivity index (χ0v) is 70.0. The molecular formula is C93H126N4O21. The molecule has 6 aromatic carbocycles. The van der Waals surface area contributed by atoms with Gasteiger partial charge in [-0.1, -0.05) is 219 Å². The number of hydrogen-bond acceptors (Lipinski definition) is 22. The monoisotopic (exact) mass is 1630 g/mol. The molecule has 3 amide bonds. The number of carbonyl (C=O) groups is 3. The number of hydrogen-bond donors (Lipinski definition) is 4. The standard InChI is InChI=1S/C30H42N2O6.C30H39NO7.C29H37NO6.C4H8O2/c1-30(2)37-26-25(36-28(34-3)27(26)38-30)18-24(16-10-11-17-31)20-32(19-22-12-6-4-7-13-22)29(33)35-21-23-14-8-5-9-15-23;1-30(2)37-26-25(36-28(34-3)27(26)38-30)18-24(16-10-11-17-32)20-31(19-22-12-6-4-7-13-22)29(33)35-21-23-14-8-5-9-15-23;1-5-12-23(17-24-25-26(27(32-4)34-24)36-29(2,3)35-25)19-30(18-21-13-8-6-9-14-21)28(31)33-20-22-15-10-7-11-16-22;5-3-1-2-4-6/h4-9,12-15,24-28H,10-11,16-21,31H2,1-3H3;4-15,24-28,32H,16-21H2,1-3H3;5-11,13-16,23-27H,1,12,17-20H2,2-4H3;1-2,5-6H,3-4H2/b;11-10+;;2-1-/t2*24-,25+,26?,27-,28+;23-,24+,25?,26-,27+;/m000./s1. The molecule has 6 fully saturated rings. The minimum absolute atomic E-state index is 0.0133. The van der Waals surface area contributed by atoms with Gasteiger partial charge in [-0.05, 0) is 144 Å². The number of aliphatic hydroxyl groups is 3. The van der Waals surface area contributed by atoms with E-state index in [1.165, 1.54) is 12.2 Å². The van der Waals surface area contributed by atoms with Crippen LogP contribution >= 0.6 is 0 Å². The van der Waals surface area contributed by atoms with Crippen LogP contribution in [0.25, 0.3) is 0 Å². The summed E-state index contributed by atoms with van der Waals surface area (Å²) < 4.78 is 89.2. The van der Waals surface area contributed by atoms with Crippen LogP contribution in [-0.2, 0) is 111 Å². The fourth-order valence-corrected chi connectivity index (χ4v) is 15.5. The third-order valence-electron chi connectivity index (χ3n) is 20.9. The van der Waals surface area contributed by atoms with Crippen molar-refractivity contribution in [3.05, 3.63) is 252 Å². The molecular weight excluding hydrogens is 1510 g/mol. The van der Waals surface area contributed by atoms with Gasteiger partial charge in [0.25, 0.3) is 0 Å². The van der Waals surface area contributed by atoms with E-state index >= 15 is 0 Å². The number of benzene rings is 6. The van der Waals surface area contributed by atoms with Gasteiger partial charge in [0.1, 0.15) is 56.4 Å². The third kappa shape index (κ3) is 29.8. The van der Waals surface area contributed by atoms with Gasteiger partial charge in [0.15, 0.2) is 36.2 Å². The second-order valence-electron chi connectivity index (χ2n) is 31.6. The molecule has 118 heavy (non-hydrogen) atoms. The highest BCUT2D eigenvalue weighted by molar-refractivity contribution is 5.69. The summed E-state index contributed by atoms with van der Waals surface area (Å²) in [6.07, 6.45) is 9.87. The molecule has 0 aromatic heterocycles. The fourth-order valence-electron chi connectivity index (χ4n) is 15.5. The molecule has 25 heteroatoms. The van der Waals surface area contributed by atoms with E-state index in [0.717, 1.165) is 59.1 Å². The van der Waals surface area contributed by atoms with Gasteiger partial charge in [-0.2, -0.15) is 0 Å². The molecule has 25 nitrogen and oxygen atoms in total. The maximum absolute atomic E-state index is 13.4. The van der Waals surface area contributed by atoms with E-state index in [2.05, 4.69) is 6.58 Å². The highest BCUT2D eigenvalue weighted by atomic mass is 16.8. The van der Waals surface area contributed by atoms with Crippen molar-refractivity contribution in [1.82, 2.24) is 14.7 Å². The van der Waals surface area contributed by atoms with E-state index in [-0.39, 0.29) is 131 Å². The highest BCUT2D eigenvalue weighted by Gasteiger charge is 2.58. The number of carbonyl (C=O) groups excluding carboxylic acids is 3. The first-order valence-corrected chi connectivity index (χ1v) is 41.1. The van der Waals surface area contributed by atoms with Crippen molar-refractivity contribution >= 4 is 18.3 Å². The smallest absolute Gasteiger partial charge is 0.410 e. The number of fused-ring (bicyclic) bond motifs is 3. The van der Waals surface area contributed by atoms with Gasteiger partial charge in [-0.15, -0.1) is 6.58 Å². The summed E-state index contributed by atoms with van der Waals surface area (Å²) in [6, 6.07) is 58.9. The van der Waals surface area contributed by atoms with Crippen molar-refractivity contribution in [2.24, 2.45) is 23.5 Å². The lowest BCUT2D eigenvalue weighted by Crippen LogP contribution is -2.38. The minimum Gasteiger partial charge on any atom is -0.445 e. The second kappa shape index (κ2) is 48.2. The van der Waals surface area contributed by atoms with Gasteiger partial charge in [-0.25, -0.2) is 14.4 Å². The van der Waals surface area contributed by atoms with Crippen LogP contribution in [-0.4, -0.2) is 207 Å². The SMILES string of the molecule is C=CC[C@@H](C[C@H]1O[C@@H](OC)[C@H]2OC(C)(C)OC12)CN(Cc1ccccc1)C(=O)OCc1ccccc1.CO[C@@H]1O[C@H](C[C@H](C/C=C/CO)CN(Cc2ccccc2)C(=O)OCc2ccccc2)C2OC(C)(C)O[C@@H]21.CO[C@@H]1O[C@H](C[C@H](CCCCN)CN(Cc2ccccc2)C(=O)OCc2ccccc2)C2OC(C)(C)O[C@@H]21.OC/C=C\CO. The van der Waals surface area contributed by atoms with Gasteiger partial charge in [0.2, 0.25) is 0 Å². The van der Waals surface area contributed by atoms with E-state index in [9.17, 15) is 19.5 Å². The number of nitrogens with zero attached hydrogens (tertiary/aromatic N) is 3. The van der Waals surface area contributed by atoms with Crippen molar-refractivity contribution in [1.29, 1.82) is 0 Å². The largest absolute Gasteiger partial charge is 0.445 e. The maximum atomic E-state index is 13.4. The summed E-state index contributed by atoms with van der Waals surface area (Å²) in [7, 11) is 4.84. The van der Waals surface area contributed by atoms with E-state index in [1.807, 2.05) is 241 Å². The number of methoxy groups -OCH3 is 3. The van der Waals surface area contributed by atoms with Crippen molar-refractivity contribution in [2.75, 3.05) is 67.3 Å². The summed E-state index contributed by atoms with van der Waals surface area (Å²) in [5.41, 5.74) is 11.7. The van der Waals surface area contributed by atoms with Crippen LogP contribution in [0, 0.1) is 17.8 Å². The van der Waals surface area contributed by atoms with Gasteiger partial charge < -0.3 is 107 Å². The Morgan fingerprint density at radius 2 is 0.669 bits per heavy atom. The molecule has 12 rings (SSSR count). The van der Waals surface area contributed by atoms with Crippen LogP contribution in [0.2, 0.25) is 0 Å². The number of unbranched alkanes of at least 4 members (excludes halogenated alkanes) is 1. The molecule has 0 radical (unpaired) electrons. The summed E-state index contributed by atoms with van der Waals surface area (Å²) in [6.45, 7) is 19.5. The highest BCUT2D eigenvalue weighted by Crippen LogP contribution is 2.45. The Labute approximate surface area is 697 Å². The molecule has 0 aliphatic carbocycles. The number of nitrogens with two attached hydrogens (primary N) is 1. The molecule has 5 N–H and O–H groups in total. The fraction of sp³-hybridized carbons (Fsp3) is 0.516. The lowest BCUT2D eigenvalue weighted by atomic mass is 9.92. The van der Waals surface area contributed by atoms with E-state index in [0.29, 0.717) is 71.5 Å². The van der Waals surface area contributed by atoms with Crippen LogP contribution in [0.3, 0.4) is 0 Å². The molecule has 0 bridgehead atoms. The van der Waals surface area contributed by atoms with Crippen molar-refractivity contribution in [3.63, 3.8) is 0 Å². The summed E-state index contributed by atoms with van der Waals surface area (Å²) in [4.78, 5) is 45.3. The maximum Gasteiger partial charge on any atom is 0.410 e. The van der Waals surface area contributed by atoms with Crippen LogP contribution in [0.1, 0.15) is 126 Å². The first kappa shape index (κ1) is 93.6. The normalized spacial score (nSPS) is 24.1. The van der Waals surface area contributed by atoms with Gasteiger partial charge in [0.05, 0.1) is 38.1 Å². The molecule has 3 unspecified atom stereocenters. The molecule has 6 aliphatic heterocycles. The van der Waals surface area contributed by atoms with Gasteiger partial charge in [-0.3, -0.25) is 0 Å². The first-order chi connectivity index (χ1) is 57.1. The minimum atomic E-state index is -0.721. The summed E-state index contributed by atoms with van der Waals surface area (Å²) in [5, 5.41) is 25.3. The number of amides is 3. The summed E-state index contributed by atoms with van der Waals surface area (Å²) >= 11 is 0. The molecule has 6 aromatic rings. The molecule has 0 spiro atoms. The number of ether oxygens (including phenoxy) is 15. The average molecular weight is 1640 g/mol. The molecule has 0 saturated carbocycles. The van der Waals surface area contributed by atoms with Gasteiger partial charge >= 0.3 is 18.3 Å². The lowest BCUT2D eigenvalue weighted by Gasteiger charge is -2.30. The Morgan fingerprint density at radius 3 is 0.958 bits per heavy atom. The molecule has 644 valence electrons. The van der Waals surface area contributed by atoms with E-state index in [1.54, 1.807) is 37.2 Å². The zero-order valence-electron chi connectivity index (χ0n) is 70.0. The van der Waals surface area contributed by atoms with E-state index < -0.39 is 36.2 Å². The third-order valence-corrected chi connectivity index (χ3v) is 20.9. The Balaban J connectivity index is 0.000000195. The van der Waals surface area contributed by atoms with Crippen LogP contribution in [0.4, 0.5) is 14.4 Å². The lowest BCUT2D eigenvalue weighted by molar-refractivity contribution is -0.228. The van der Waals surface area contributed by atoms with Crippen molar-refractivity contribution < 1.29 is 101 Å². The second-order valence-corrected chi connectivity index (χ2v) is 31.6. The summed E-state index contributed by atoms with van der Waals surface area (Å²) in [5.74, 6) is -1.85. The van der Waals surface area contributed by atoms with Crippen LogP contribution in [0.5, 0.6) is 0 Å². The first-order valence-electron chi connectivity index (χ1n) is 41.1. The quantitative estimate of drug-likeness (QED) is 0.0159. The zero-order chi connectivity index (χ0) is 84.3. The molecule has 15 atom stereocenters. The number of rotatable bonds is 38. The van der Waals surface area contributed by atoms with Crippen LogP contribution in [0.15, 0.2) is 219 Å². The topological polar surface area (TPSA) is 286 Å².